The van der Waals surface area contributed by atoms with Gasteiger partial charge >= 0.3 is 0 Å². The van der Waals surface area contributed by atoms with Gasteiger partial charge in [0.2, 0.25) is 0 Å². The van der Waals surface area contributed by atoms with Crippen LogP contribution in [0, 0.1) is 11.8 Å². The molecule has 1 saturated heterocycles. The molecule has 0 bridgehead atoms. The summed E-state index contributed by atoms with van der Waals surface area (Å²) in [4.78, 5) is 15.1. The Morgan fingerprint density at radius 2 is 2.05 bits per heavy atom. The first-order chi connectivity index (χ1) is 10.1. The van der Waals surface area contributed by atoms with E-state index in [1.807, 2.05) is 18.2 Å². The number of carbonyl (C=O) groups is 1. The summed E-state index contributed by atoms with van der Waals surface area (Å²) in [6.45, 7) is 3.23. The maximum Gasteiger partial charge on any atom is 0.255 e. The van der Waals surface area contributed by atoms with E-state index in [1.165, 1.54) is 19.3 Å². The van der Waals surface area contributed by atoms with Crippen LogP contribution >= 0.6 is 15.9 Å². The van der Waals surface area contributed by atoms with Gasteiger partial charge in [0.25, 0.3) is 5.91 Å². The van der Waals surface area contributed by atoms with Gasteiger partial charge in [-0.05, 0) is 59.2 Å². The minimum absolute atomic E-state index is 0.137. The van der Waals surface area contributed by atoms with Gasteiger partial charge in [-0.25, -0.2) is 0 Å². The molecule has 4 heteroatoms. The molecule has 1 amide bonds. The number of hydrogen-bond donors (Lipinski definition) is 1. The molecule has 1 aliphatic carbocycles. The Morgan fingerprint density at radius 3 is 2.86 bits per heavy atom. The molecule has 1 aromatic rings. The van der Waals surface area contributed by atoms with Gasteiger partial charge in [-0.15, -0.1) is 0 Å². The Morgan fingerprint density at radius 1 is 1.29 bits per heavy atom. The van der Waals surface area contributed by atoms with Crippen LogP contribution in [0.4, 0.5) is 5.69 Å². The summed E-state index contributed by atoms with van der Waals surface area (Å²) in [6.07, 6.45) is 6.10. The second-order valence-corrected chi connectivity index (χ2v) is 7.28. The number of amides is 1. The van der Waals surface area contributed by atoms with E-state index in [9.17, 15) is 4.79 Å². The molecule has 1 aromatic carbocycles. The van der Waals surface area contributed by atoms with E-state index < -0.39 is 0 Å². The molecular weight excluding hydrogens is 328 g/mol. The fourth-order valence-electron chi connectivity index (χ4n) is 4.04. The molecule has 2 fully saturated rings. The maximum atomic E-state index is 13.0. The molecule has 3 nitrogen and oxygen atoms in total. The zero-order chi connectivity index (χ0) is 15.0. The first kappa shape index (κ1) is 14.9. The van der Waals surface area contributed by atoms with E-state index in [1.54, 1.807) is 0 Å². The molecule has 0 radical (unpaired) electrons. The van der Waals surface area contributed by atoms with Gasteiger partial charge in [-0.2, -0.15) is 0 Å². The zero-order valence-corrected chi connectivity index (χ0v) is 14.1. The number of nitrogens with two attached hydrogens (primary N) is 1. The van der Waals surface area contributed by atoms with Crippen LogP contribution in [0.15, 0.2) is 22.7 Å². The number of halogens is 1. The second kappa shape index (κ2) is 5.99. The van der Waals surface area contributed by atoms with Crippen LogP contribution in [-0.4, -0.2) is 23.4 Å². The largest absolute Gasteiger partial charge is 0.398 e. The molecule has 114 valence electrons. The SMILES string of the molecule is CC1CCN(C(=O)c2cccc(N)c2Br)C2CCCCC12. The number of carbonyl (C=O) groups excluding carboxylic acids is 1. The standard InChI is InChI=1S/C17H23BrN2O/c1-11-9-10-20(15-8-3-2-5-12(11)15)17(21)13-6-4-7-14(19)16(13)18/h4,6-7,11-12,15H,2-3,5,8-10,19H2,1H3. The molecule has 21 heavy (non-hydrogen) atoms. The minimum Gasteiger partial charge on any atom is -0.398 e. The van der Waals surface area contributed by atoms with Crippen molar-refractivity contribution in [3.8, 4) is 0 Å². The van der Waals surface area contributed by atoms with Gasteiger partial charge in [-0.3, -0.25) is 4.79 Å². The van der Waals surface area contributed by atoms with Gasteiger partial charge in [0.15, 0.2) is 0 Å². The molecule has 3 atom stereocenters. The van der Waals surface area contributed by atoms with E-state index in [4.69, 9.17) is 5.73 Å². The van der Waals surface area contributed by atoms with Gasteiger partial charge in [0, 0.05) is 18.3 Å². The van der Waals surface area contributed by atoms with Gasteiger partial charge in [-0.1, -0.05) is 25.8 Å². The average Bonchev–Trinajstić information content (AvgIpc) is 2.50. The number of hydrogen-bond acceptors (Lipinski definition) is 2. The summed E-state index contributed by atoms with van der Waals surface area (Å²) in [7, 11) is 0. The van der Waals surface area contributed by atoms with Crippen molar-refractivity contribution in [3.05, 3.63) is 28.2 Å². The molecular formula is C17H23BrN2O. The maximum absolute atomic E-state index is 13.0. The lowest BCUT2D eigenvalue weighted by Gasteiger charge is -2.47. The third kappa shape index (κ3) is 2.70. The minimum atomic E-state index is 0.137. The number of rotatable bonds is 1. The predicted molar refractivity (Wildman–Crippen MR) is 89.1 cm³/mol. The molecule has 2 aliphatic rings. The Balaban J connectivity index is 1.88. The van der Waals surface area contributed by atoms with Crippen LogP contribution < -0.4 is 5.73 Å². The molecule has 1 saturated carbocycles. The molecule has 0 spiro atoms. The zero-order valence-electron chi connectivity index (χ0n) is 12.5. The fourth-order valence-corrected chi connectivity index (χ4v) is 4.47. The van der Waals surface area contributed by atoms with E-state index in [2.05, 4.69) is 27.8 Å². The van der Waals surface area contributed by atoms with Crippen molar-refractivity contribution in [2.45, 2.75) is 45.1 Å². The molecule has 2 N–H and O–H groups in total. The summed E-state index contributed by atoms with van der Waals surface area (Å²) in [5, 5.41) is 0. The van der Waals surface area contributed by atoms with Crippen molar-refractivity contribution in [2.75, 3.05) is 12.3 Å². The number of anilines is 1. The van der Waals surface area contributed by atoms with Crippen molar-refractivity contribution in [1.82, 2.24) is 4.90 Å². The number of benzene rings is 1. The smallest absolute Gasteiger partial charge is 0.255 e. The third-order valence-corrected chi connectivity index (χ3v) is 6.14. The Kier molecular flexibility index (Phi) is 4.25. The van der Waals surface area contributed by atoms with Crippen LogP contribution in [-0.2, 0) is 0 Å². The molecule has 1 aliphatic heterocycles. The second-order valence-electron chi connectivity index (χ2n) is 6.49. The average molecular weight is 351 g/mol. The number of fused-ring (bicyclic) bond motifs is 1. The summed E-state index contributed by atoms with van der Waals surface area (Å²) in [5.41, 5.74) is 7.26. The Hall–Kier alpha value is -1.03. The molecule has 3 unspecified atom stereocenters. The van der Waals surface area contributed by atoms with Gasteiger partial charge < -0.3 is 10.6 Å². The number of nitrogen functional groups attached to an aromatic ring is 1. The van der Waals surface area contributed by atoms with Gasteiger partial charge in [0.05, 0.1) is 10.0 Å². The van der Waals surface area contributed by atoms with Crippen molar-refractivity contribution >= 4 is 27.5 Å². The predicted octanol–water partition coefficient (Wildman–Crippen LogP) is 4.07. The monoisotopic (exact) mass is 350 g/mol. The summed E-state index contributed by atoms with van der Waals surface area (Å²) < 4.78 is 0.737. The Bertz CT molecular complexity index is 546. The lowest BCUT2D eigenvalue weighted by Crippen LogP contribution is -2.52. The lowest BCUT2D eigenvalue weighted by atomic mass is 9.72. The normalized spacial score (nSPS) is 29.0. The first-order valence-electron chi connectivity index (χ1n) is 7.94. The van der Waals surface area contributed by atoms with Crippen molar-refractivity contribution in [3.63, 3.8) is 0 Å². The third-order valence-electron chi connectivity index (χ3n) is 5.26. The topological polar surface area (TPSA) is 46.3 Å². The highest BCUT2D eigenvalue weighted by atomic mass is 79.9. The quantitative estimate of drug-likeness (QED) is 0.775. The van der Waals surface area contributed by atoms with Crippen molar-refractivity contribution < 1.29 is 4.79 Å². The molecule has 1 heterocycles. The van der Waals surface area contributed by atoms with Crippen LogP contribution in [0.5, 0.6) is 0 Å². The highest BCUT2D eigenvalue weighted by Crippen LogP contribution is 2.40. The van der Waals surface area contributed by atoms with E-state index >= 15 is 0 Å². The van der Waals surface area contributed by atoms with E-state index in [0.29, 0.717) is 23.2 Å². The summed E-state index contributed by atoms with van der Waals surface area (Å²) >= 11 is 3.47. The van der Waals surface area contributed by atoms with Crippen LogP contribution in [0.25, 0.3) is 0 Å². The summed E-state index contributed by atoms with van der Waals surface area (Å²) in [6, 6.07) is 5.97. The fraction of sp³-hybridized carbons (Fsp3) is 0.588. The first-order valence-corrected chi connectivity index (χ1v) is 8.74. The lowest BCUT2D eigenvalue weighted by molar-refractivity contribution is 0.0217. The Labute approximate surface area is 135 Å². The molecule has 3 rings (SSSR count). The number of nitrogens with zero attached hydrogens (tertiary/aromatic N) is 1. The van der Waals surface area contributed by atoms with Crippen molar-refractivity contribution in [1.29, 1.82) is 0 Å². The molecule has 0 aromatic heterocycles. The number of piperidine rings is 1. The van der Waals surface area contributed by atoms with Crippen LogP contribution in [0.3, 0.4) is 0 Å². The van der Waals surface area contributed by atoms with Gasteiger partial charge in [0.1, 0.15) is 0 Å². The van der Waals surface area contributed by atoms with Crippen molar-refractivity contribution in [2.24, 2.45) is 11.8 Å². The highest BCUT2D eigenvalue weighted by Gasteiger charge is 2.39. The van der Waals surface area contributed by atoms with Crippen LogP contribution in [0.1, 0.15) is 49.4 Å². The van der Waals surface area contributed by atoms with E-state index in [0.717, 1.165) is 29.8 Å². The van der Waals surface area contributed by atoms with Crippen LogP contribution in [0.2, 0.25) is 0 Å². The van der Waals surface area contributed by atoms with E-state index in [-0.39, 0.29) is 5.91 Å². The highest BCUT2D eigenvalue weighted by molar-refractivity contribution is 9.10. The summed E-state index contributed by atoms with van der Waals surface area (Å²) in [5.74, 6) is 1.55. The number of likely N-dealkylation sites (tertiary alicyclic amines) is 1.